The van der Waals surface area contributed by atoms with Crippen molar-refractivity contribution >= 4 is 23.6 Å². The van der Waals surface area contributed by atoms with Crippen molar-refractivity contribution in [1.82, 2.24) is 10.6 Å². The smallest absolute Gasteiger partial charge is 0.408 e. The lowest BCUT2D eigenvalue weighted by atomic mass is 9.95. The minimum Gasteiger partial charge on any atom is -0.436 e. The molecule has 35 heavy (non-hydrogen) atoms. The first-order valence-electron chi connectivity index (χ1n) is 10.9. The Morgan fingerprint density at radius 3 is 2.43 bits per heavy atom. The molecule has 0 spiro atoms. The van der Waals surface area contributed by atoms with Crippen LogP contribution in [0.1, 0.15) is 24.1 Å². The van der Waals surface area contributed by atoms with Crippen LogP contribution in [0.4, 0.5) is 19.3 Å². The van der Waals surface area contributed by atoms with Gasteiger partial charge in [-0.05, 0) is 41.8 Å². The molecule has 7 nitrogen and oxygen atoms in total. The van der Waals surface area contributed by atoms with Crippen LogP contribution in [-0.4, -0.2) is 31.1 Å². The van der Waals surface area contributed by atoms with E-state index >= 15 is 0 Å². The van der Waals surface area contributed by atoms with Crippen LogP contribution < -0.4 is 15.5 Å². The Morgan fingerprint density at radius 1 is 1.00 bits per heavy atom. The maximum absolute atomic E-state index is 13.3. The minimum atomic E-state index is -1.23. The van der Waals surface area contributed by atoms with Gasteiger partial charge in [0.05, 0.1) is 5.69 Å². The van der Waals surface area contributed by atoms with E-state index in [1.54, 1.807) is 19.2 Å². The second-order valence-corrected chi connectivity index (χ2v) is 8.09. The fourth-order valence-corrected chi connectivity index (χ4v) is 3.91. The predicted octanol–water partition coefficient (Wildman–Crippen LogP) is 4.08. The summed E-state index contributed by atoms with van der Waals surface area (Å²) in [6, 6.07) is 17.0. The second-order valence-electron chi connectivity index (χ2n) is 8.09. The third kappa shape index (κ3) is 4.98. The molecule has 1 heterocycles. The minimum absolute atomic E-state index is 0.123. The molecule has 0 bridgehead atoms. The molecule has 180 valence electrons. The number of nitrogens with zero attached hydrogens (tertiary/aromatic N) is 1. The van der Waals surface area contributed by atoms with Gasteiger partial charge in [0.2, 0.25) is 0 Å². The van der Waals surface area contributed by atoms with Crippen molar-refractivity contribution in [2.45, 2.75) is 25.6 Å². The molecule has 3 amide bonds. The number of amides is 3. The predicted molar refractivity (Wildman–Crippen MR) is 125 cm³/mol. The Morgan fingerprint density at radius 2 is 1.69 bits per heavy atom. The van der Waals surface area contributed by atoms with Crippen molar-refractivity contribution in [3.8, 4) is 11.1 Å². The van der Waals surface area contributed by atoms with Crippen molar-refractivity contribution in [2.75, 3.05) is 11.9 Å². The zero-order chi connectivity index (χ0) is 25.1. The van der Waals surface area contributed by atoms with Crippen LogP contribution in [0.25, 0.3) is 11.1 Å². The molecule has 3 aromatic carbocycles. The Bertz CT molecular complexity index is 1300. The summed E-state index contributed by atoms with van der Waals surface area (Å²) in [5.41, 5.74) is 3.32. The van der Waals surface area contributed by atoms with Gasteiger partial charge in [0.1, 0.15) is 6.04 Å². The molecular weight excluding hydrogens is 456 g/mol. The summed E-state index contributed by atoms with van der Waals surface area (Å²) in [7, 11) is 1.64. The molecule has 1 aliphatic heterocycles. The topological polar surface area (TPSA) is 87.7 Å². The monoisotopic (exact) mass is 479 g/mol. The summed E-state index contributed by atoms with van der Waals surface area (Å²) < 4.78 is 31.5. The van der Waals surface area contributed by atoms with Gasteiger partial charge >= 0.3 is 6.09 Å². The summed E-state index contributed by atoms with van der Waals surface area (Å²) >= 11 is 0. The van der Waals surface area contributed by atoms with E-state index in [1.807, 2.05) is 36.4 Å². The van der Waals surface area contributed by atoms with Gasteiger partial charge in [-0.2, -0.15) is 0 Å². The number of carbonyl (C=O) groups excluding carboxylic acids is 3. The molecule has 1 aliphatic rings. The van der Waals surface area contributed by atoms with Crippen LogP contribution in [0.5, 0.6) is 0 Å². The maximum atomic E-state index is 13.3. The number of halogens is 2. The van der Waals surface area contributed by atoms with Gasteiger partial charge in [0, 0.05) is 19.2 Å². The highest BCUT2D eigenvalue weighted by atomic mass is 19.2. The first kappa shape index (κ1) is 23.9. The van der Waals surface area contributed by atoms with E-state index in [0.717, 1.165) is 23.3 Å². The van der Waals surface area contributed by atoms with E-state index in [-0.39, 0.29) is 12.5 Å². The van der Waals surface area contributed by atoms with Crippen LogP contribution in [0.2, 0.25) is 0 Å². The number of anilines is 1. The van der Waals surface area contributed by atoms with Gasteiger partial charge in [-0.15, -0.1) is 0 Å². The number of para-hydroxylation sites is 1. The van der Waals surface area contributed by atoms with Crippen molar-refractivity contribution in [1.29, 1.82) is 0 Å². The number of ether oxygens (including phenoxy) is 1. The third-order valence-electron chi connectivity index (χ3n) is 5.77. The molecule has 9 heteroatoms. The zero-order valence-electron chi connectivity index (χ0n) is 19.0. The van der Waals surface area contributed by atoms with Gasteiger partial charge in [0.15, 0.2) is 17.7 Å². The zero-order valence-corrected chi connectivity index (χ0v) is 19.0. The fraction of sp³-hybridized carbons (Fsp3) is 0.192. The Hall–Kier alpha value is -4.27. The van der Waals surface area contributed by atoms with E-state index in [2.05, 4.69) is 10.6 Å². The van der Waals surface area contributed by atoms with Gasteiger partial charge in [-0.25, -0.2) is 13.6 Å². The van der Waals surface area contributed by atoms with E-state index < -0.39 is 35.8 Å². The Kier molecular flexibility index (Phi) is 6.77. The average Bonchev–Trinajstić information content (AvgIpc) is 2.94. The maximum Gasteiger partial charge on any atom is 0.408 e. The van der Waals surface area contributed by atoms with E-state index in [0.29, 0.717) is 16.8 Å². The molecule has 3 aromatic rings. The molecule has 2 N–H and O–H groups in total. The molecular formula is C26H23F2N3O4. The number of rotatable bonds is 5. The van der Waals surface area contributed by atoms with E-state index in [9.17, 15) is 23.2 Å². The summed E-state index contributed by atoms with van der Waals surface area (Å²) in [6.07, 6.45) is -2.15. The van der Waals surface area contributed by atoms with Crippen molar-refractivity contribution in [3.05, 3.63) is 89.5 Å². The normalized spacial score (nSPS) is 15.4. The second kappa shape index (κ2) is 9.92. The van der Waals surface area contributed by atoms with Gasteiger partial charge in [-0.1, -0.05) is 48.5 Å². The van der Waals surface area contributed by atoms with Crippen LogP contribution in [0.3, 0.4) is 0 Å². The molecule has 2 atom stereocenters. The molecule has 4 rings (SSSR count). The Labute approximate surface area is 200 Å². The lowest BCUT2D eigenvalue weighted by Crippen LogP contribution is -2.45. The lowest BCUT2D eigenvalue weighted by molar-refractivity contribution is -0.132. The fourth-order valence-electron chi connectivity index (χ4n) is 3.91. The van der Waals surface area contributed by atoms with Crippen LogP contribution in [-0.2, 0) is 20.9 Å². The van der Waals surface area contributed by atoms with Crippen LogP contribution in [0.15, 0.2) is 66.7 Å². The highest BCUT2D eigenvalue weighted by Crippen LogP contribution is 2.39. The van der Waals surface area contributed by atoms with Crippen molar-refractivity contribution < 1.29 is 27.9 Å². The summed E-state index contributed by atoms with van der Waals surface area (Å²) in [5, 5.41) is 5.08. The van der Waals surface area contributed by atoms with Crippen molar-refractivity contribution in [2.24, 2.45) is 0 Å². The lowest BCUT2D eigenvalue weighted by Gasteiger charge is -2.24. The number of alkyl carbamates (subject to hydrolysis) is 1. The van der Waals surface area contributed by atoms with Crippen LogP contribution in [0, 0.1) is 11.6 Å². The number of fused-ring (bicyclic) bond motifs is 3. The largest absolute Gasteiger partial charge is 0.436 e. The quantitative estimate of drug-likeness (QED) is 0.577. The molecule has 0 fully saturated rings. The van der Waals surface area contributed by atoms with Crippen molar-refractivity contribution in [3.63, 3.8) is 0 Å². The molecule has 0 aliphatic carbocycles. The van der Waals surface area contributed by atoms with Crippen LogP contribution >= 0.6 is 0 Å². The molecule has 1 unspecified atom stereocenters. The number of carbonyl (C=O) groups is 3. The first-order chi connectivity index (χ1) is 16.8. The van der Waals surface area contributed by atoms with Gasteiger partial charge < -0.3 is 20.3 Å². The number of hydrogen-bond donors (Lipinski definition) is 2. The number of nitrogens with one attached hydrogen (secondary N) is 2. The highest BCUT2D eigenvalue weighted by molar-refractivity contribution is 6.06. The SMILES string of the molecule is C[C@H](OC(=O)NCc1ccc(F)c(F)c1)C(=O)NC1C(=O)N(C)c2ccccc2-c2ccccc21. The number of hydrogen-bond acceptors (Lipinski definition) is 4. The standard InChI is InChI=1S/C26H23F2N3O4/c1-15(35-26(34)29-14-16-11-12-20(27)21(28)13-16)24(32)30-23-19-9-4-3-7-17(19)18-8-5-6-10-22(18)31(2)25(23)33/h3-13,15,23H,14H2,1-2H3,(H,29,34)(H,30,32)/t15-,23?/m0/s1. The third-order valence-corrected chi connectivity index (χ3v) is 5.77. The van der Waals surface area contributed by atoms with E-state index in [1.165, 1.54) is 17.9 Å². The molecule has 0 radical (unpaired) electrons. The number of likely N-dealkylation sites (N-methyl/N-ethyl adjacent to an activating group) is 1. The number of benzene rings is 3. The average molecular weight is 479 g/mol. The Balaban J connectivity index is 1.45. The molecule has 0 aromatic heterocycles. The van der Waals surface area contributed by atoms with Gasteiger partial charge in [0.25, 0.3) is 11.8 Å². The molecule has 0 saturated carbocycles. The summed E-state index contributed by atoms with van der Waals surface area (Å²) in [5.74, 6) is -3.04. The first-order valence-corrected chi connectivity index (χ1v) is 10.9. The molecule has 0 saturated heterocycles. The summed E-state index contributed by atoms with van der Waals surface area (Å²) in [4.78, 5) is 39.8. The van der Waals surface area contributed by atoms with Gasteiger partial charge in [-0.3, -0.25) is 9.59 Å². The van der Waals surface area contributed by atoms with E-state index in [4.69, 9.17) is 4.74 Å². The summed E-state index contributed by atoms with van der Waals surface area (Å²) in [6.45, 7) is 1.25. The highest BCUT2D eigenvalue weighted by Gasteiger charge is 2.34.